The maximum Gasteiger partial charge on any atom is 0.335 e. The molecule has 1 aliphatic rings. The first-order valence-electron chi connectivity index (χ1n) is 11.3. The molecule has 1 fully saturated rings. The van der Waals surface area contributed by atoms with Gasteiger partial charge in [-0.15, -0.1) is 0 Å². The van der Waals surface area contributed by atoms with Crippen LogP contribution in [-0.4, -0.2) is 35.6 Å². The van der Waals surface area contributed by atoms with Gasteiger partial charge >= 0.3 is 5.97 Å². The molecule has 5 rings (SSSR count). The lowest BCUT2D eigenvalue weighted by molar-refractivity contribution is 0.0697. The van der Waals surface area contributed by atoms with Crippen LogP contribution in [0.1, 0.15) is 50.7 Å². The standard InChI is InChI=1S/C27H25N5O2S/c1-17-14-22(18(2)32(17)21-10-8-20(9-11-21)26(33)34)25-24(23-7-3-4-13-29-23)30-27(35)31(25)16-19-6-5-12-28-15-19/h3-15,24-25H,16H2,1-2H3,(H,30,35)(H,33,34)/t24-,25-/m0/s1. The third-order valence-electron chi connectivity index (χ3n) is 6.43. The fourth-order valence-electron chi connectivity index (χ4n) is 4.84. The van der Waals surface area contributed by atoms with Crippen LogP contribution >= 0.6 is 12.2 Å². The van der Waals surface area contributed by atoms with Crippen LogP contribution in [0.3, 0.4) is 0 Å². The molecule has 4 heterocycles. The van der Waals surface area contributed by atoms with E-state index in [0.717, 1.165) is 33.9 Å². The van der Waals surface area contributed by atoms with Crippen molar-refractivity contribution in [2.45, 2.75) is 32.5 Å². The molecule has 0 saturated carbocycles. The Morgan fingerprint density at radius 1 is 1.09 bits per heavy atom. The summed E-state index contributed by atoms with van der Waals surface area (Å²) in [5, 5.41) is 13.4. The summed E-state index contributed by atoms with van der Waals surface area (Å²) in [6, 6.07) is 18.8. The van der Waals surface area contributed by atoms with Crippen LogP contribution in [0.25, 0.3) is 5.69 Å². The average molecular weight is 484 g/mol. The molecule has 0 spiro atoms. The van der Waals surface area contributed by atoms with Crippen molar-refractivity contribution in [2.75, 3.05) is 0 Å². The van der Waals surface area contributed by atoms with Gasteiger partial charge in [0.2, 0.25) is 0 Å². The number of aromatic nitrogens is 3. The fourth-order valence-corrected chi connectivity index (χ4v) is 5.15. The van der Waals surface area contributed by atoms with Crippen LogP contribution in [0, 0.1) is 13.8 Å². The summed E-state index contributed by atoms with van der Waals surface area (Å²) in [7, 11) is 0. The van der Waals surface area contributed by atoms with E-state index in [4.69, 9.17) is 12.2 Å². The van der Waals surface area contributed by atoms with Crippen LogP contribution < -0.4 is 5.32 Å². The number of aryl methyl sites for hydroxylation is 1. The van der Waals surface area contributed by atoms with Crippen LogP contribution in [0.2, 0.25) is 0 Å². The Balaban J connectivity index is 1.60. The third-order valence-corrected chi connectivity index (χ3v) is 6.79. The van der Waals surface area contributed by atoms with Crippen LogP contribution in [-0.2, 0) is 6.54 Å². The highest BCUT2D eigenvalue weighted by atomic mass is 32.1. The summed E-state index contributed by atoms with van der Waals surface area (Å²) in [4.78, 5) is 22.4. The molecule has 0 unspecified atom stereocenters. The van der Waals surface area contributed by atoms with E-state index in [-0.39, 0.29) is 17.6 Å². The number of carboxylic acids is 1. The number of nitrogens with one attached hydrogen (secondary N) is 1. The number of aromatic carboxylic acids is 1. The monoisotopic (exact) mass is 483 g/mol. The Hall–Kier alpha value is -4.04. The summed E-state index contributed by atoms with van der Waals surface area (Å²) in [5.41, 5.74) is 6.43. The SMILES string of the molecule is Cc1cc([C@H]2[C@H](c3ccccn3)NC(=S)N2Cc2cccnc2)c(C)n1-c1ccc(C(=O)O)cc1. The summed E-state index contributed by atoms with van der Waals surface area (Å²) in [6.07, 6.45) is 5.43. The Kier molecular flexibility index (Phi) is 6.05. The van der Waals surface area contributed by atoms with E-state index >= 15 is 0 Å². The van der Waals surface area contributed by atoms with Crippen molar-refractivity contribution in [2.24, 2.45) is 0 Å². The van der Waals surface area contributed by atoms with Gasteiger partial charge in [-0.3, -0.25) is 9.97 Å². The lowest BCUT2D eigenvalue weighted by Gasteiger charge is -2.28. The number of carbonyl (C=O) groups is 1. The molecule has 1 saturated heterocycles. The Morgan fingerprint density at radius 2 is 1.89 bits per heavy atom. The van der Waals surface area contributed by atoms with Gasteiger partial charge in [-0.1, -0.05) is 12.1 Å². The fraction of sp³-hybridized carbons (Fsp3) is 0.185. The molecule has 0 amide bonds. The first-order chi connectivity index (χ1) is 16.9. The van der Waals surface area contributed by atoms with Crippen molar-refractivity contribution >= 4 is 23.3 Å². The highest BCUT2D eigenvalue weighted by Crippen LogP contribution is 2.42. The van der Waals surface area contributed by atoms with E-state index in [1.54, 1.807) is 24.5 Å². The minimum absolute atomic E-state index is 0.0872. The van der Waals surface area contributed by atoms with E-state index in [1.165, 1.54) is 0 Å². The summed E-state index contributed by atoms with van der Waals surface area (Å²) >= 11 is 5.81. The van der Waals surface area contributed by atoms with E-state index < -0.39 is 5.97 Å². The van der Waals surface area contributed by atoms with Crippen LogP contribution in [0.4, 0.5) is 0 Å². The van der Waals surface area contributed by atoms with E-state index in [0.29, 0.717) is 11.7 Å². The second-order valence-electron chi connectivity index (χ2n) is 8.63. The molecular weight excluding hydrogens is 458 g/mol. The second-order valence-corrected chi connectivity index (χ2v) is 9.02. The van der Waals surface area contributed by atoms with E-state index in [1.807, 2.05) is 48.7 Å². The summed E-state index contributed by atoms with van der Waals surface area (Å²) in [6.45, 7) is 4.76. The zero-order valence-electron chi connectivity index (χ0n) is 19.4. The van der Waals surface area contributed by atoms with Gasteiger partial charge in [0.15, 0.2) is 5.11 Å². The van der Waals surface area contributed by atoms with Gasteiger partial charge in [0.1, 0.15) is 0 Å². The van der Waals surface area contributed by atoms with Crippen molar-refractivity contribution < 1.29 is 9.90 Å². The van der Waals surface area contributed by atoms with Crippen molar-refractivity contribution in [3.05, 3.63) is 113 Å². The molecule has 2 atom stereocenters. The predicted octanol–water partition coefficient (Wildman–Crippen LogP) is 4.76. The molecule has 176 valence electrons. The maximum absolute atomic E-state index is 11.3. The minimum atomic E-state index is -0.937. The second kappa shape index (κ2) is 9.31. The first kappa shape index (κ1) is 22.7. The van der Waals surface area contributed by atoms with Gasteiger partial charge in [-0.2, -0.15) is 0 Å². The molecule has 4 aromatic rings. The average Bonchev–Trinajstić information content (AvgIpc) is 3.35. The predicted molar refractivity (Wildman–Crippen MR) is 137 cm³/mol. The molecule has 0 aliphatic carbocycles. The number of hydrogen-bond donors (Lipinski definition) is 2. The maximum atomic E-state index is 11.3. The highest BCUT2D eigenvalue weighted by molar-refractivity contribution is 7.80. The van der Waals surface area contributed by atoms with Gasteiger partial charge in [-0.25, -0.2) is 4.79 Å². The molecule has 7 nitrogen and oxygen atoms in total. The van der Waals surface area contributed by atoms with E-state index in [2.05, 4.69) is 44.7 Å². The van der Waals surface area contributed by atoms with Crippen molar-refractivity contribution in [3.63, 3.8) is 0 Å². The Bertz CT molecular complexity index is 1370. The molecule has 0 radical (unpaired) electrons. The molecule has 8 heteroatoms. The van der Waals surface area contributed by atoms with Gasteiger partial charge in [0.25, 0.3) is 0 Å². The lowest BCUT2D eigenvalue weighted by atomic mass is 9.96. The normalized spacial score (nSPS) is 17.4. The number of pyridine rings is 2. The van der Waals surface area contributed by atoms with Gasteiger partial charge in [-0.05, 0) is 85.7 Å². The molecule has 1 aromatic carbocycles. The van der Waals surface area contributed by atoms with Crippen LogP contribution in [0.5, 0.6) is 0 Å². The number of benzene rings is 1. The smallest absolute Gasteiger partial charge is 0.335 e. The zero-order valence-corrected chi connectivity index (χ0v) is 20.2. The molecule has 2 N–H and O–H groups in total. The Labute approximate surface area is 209 Å². The van der Waals surface area contributed by atoms with Gasteiger partial charge in [0.05, 0.1) is 23.3 Å². The van der Waals surface area contributed by atoms with Crippen LogP contribution in [0.15, 0.2) is 79.3 Å². The largest absolute Gasteiger partial charge is 0.478 e. The number of nitrogens with zero attached hydrogens (tertiary/aromatic N) is 4. The first-order valence-corrected chi connectivity index (χ1v) is 11.7. The third kappa shape index (κ3) is 4.28. The lowest BCUT2D eigenvalue weighted by Crippen LogP contribution is -2.29. The highest BCUT2D eigenvalue weighted by Gasteiger charge is 2.41. The molecule has 0 bridgehead atoms. The quantitative estimate of drug-likeness (QED) is 0.383. The zero-order chi connectivity index (χ0) is 24.5. The topological polar surface area (TPSA) is 83.3 Å². The molecule has 35 heavy (non-hydrogen) atoms. The van der Waals surface area contributed by atoms with Crippen molar-refractivity contribution in [1.82, 2.24) is 24.8 Å². The molecule has 3 aromatic heterocycles. The van der Waals surface area contributed by atoms with Gasteiger partial charge in [0, 0.05) is 42.2 Å². The van der Waals surface area contributed by atoms with Crippen molar-refractivity contribution in [1.29, 1.82) is 0 Å². The van der Waals surface area contributed by atoms with Crippen molar-refractivity contribution in [3.8, 4) is 5.69 Å². The molecular formula is C27H25N5O2S. The summed E-state index contributed by atoms with van der Waals surface area (Å²) in [5.74, 6) is -0.937. The minimum Gasteiger partial charge on any atom is -0.478 e. The number of thiocarbonyl (C=S) groups is 1. The number of hydrogen-bond acceptors (Lipinski definition) is 4. The van der Waals surface area contributed by atoms with Gasteiger partial charge < -0.3 is 19.9 Å². The number of carboxylic acid groups (broad SMARTS) is 1. The Morgan fingerprint density at radius 3 is 2.54 bits per heavy atom. The van der Waals surface area contributed by atoms with E-state index in [9.17, 15) is 9.90 Å². The molecule has 1 aliphatic heterocycles. The summed E-state index contributed by atoms with van der Waals surface area (Å²) < 4.78 is 2.15. The number of rotatable bonds is 6.